The van der Waals surface area contributed by atoms with Crippen LogP contribution in [0.5, 0.6) is 0 Å². The maximum absolute atomic E-state index is 9.46. The van der Waals surface area contributed by atoms with Gasteiger partial charge in [-0.3, -0.25) is 4.90 Å². The van der Waals surface area contributed by atoms with Crippen molar-refractivity contribution in [1.29, 1.82) is 0 Å². The van der Waals surface area contributed by atoms with Gasteiger partial charge in [-0.25, -0.2) is 0 Å². The number of aliphatic hydroxyl groups is 1. The van der Waals surface area contributed by atoms with Crippen LogP contribution in [0.4, 0.5) is 0 Å². The molecule has 0 aliphatic carbocycles. The summed E-state index contributed by atoms with van der Waals surface area (Å²) in [7, 11) is 2.15. The van der Waals surface area contributed by atoms with Crippen molar-refractivity contribution in [3.05, 3.63) is 0 Å². The fourth-order valence-electron chi connectivity index (χ4n) is 2.72. The molecule has 2 bridgehead atoms. The van der Waals surface area contributed by atoms with Crippen molar-refractivity contribution in [2.75, 3.05) is 7.05 Å². The van der Waals surface area contributed by atoms with Crippen LogP contribution in [0, 0.1) is 0 Å². The summed E-state index contributed by atoms with van der Waals surface area (Å²) < 4.78 is 5.49. The summed E-state index contributed by atoms with van der Waals surface area (Å²) in [6.07, 6.45) is 2.67. The molecule has 0 amide bonds. The third-order valence-corrected chi connectivity index (χ3v) is 3.39. The minimum Gasteiger partial charge on any atom is -0.393 e. The minimum atomic E-state index is -0.0717. The Bertz CT molecular complexity index is 183. The quantitative estimate of drug-likeness (QED) is 0.549. The maximum atomic E-state index is 9.46. The van der Waals surface area contributed by atoms with E-state index in [0.29, 0.717) is 24.3 Å². The number of fused-ring (bicyclic) bond motifs is 5. The predicted octanol–water partition coefficient (Wildman–Crippen LogP) is 0.0129. The van der Waals surface area contributed by atoms with Gasteiger partial charge >= 0.3 is 0 Å². The van der Waals surface area contributed by atoms with Gasteiger partial charge in [0.05, 0.1) is 6.10 Å². The normalized spacial score (nSPS) is 56.0. The van der Waals surface area contributed by atoms with Crippen molar-refractivity contribution in [1.82, 2.24) is 4.90 Å². The minimum absolute atomic E-state index is 0. The molecular formula is C8H14ClNO2. The van der Waals surface area contributed by atoms with E-state index in [1.807, 2.05) is 0 Å². The second kappa shape index (κ2) is 2.58. The van der Waals surface area contributed by atoms with E-state index in [-0.39, 0.29) is 18.5 Å². The van der Waals surface area contributed by atoms with Crippen LogP contribution in [-0.2, 0) is 4.74 Å². The molecule has 0 aromatic heterocycles. The molecule has 3 nitrogen and oxygen atoms in total. The van der Waals surface area contributed by atoms with Crippen molar-refractivity contribution >= 4 is 12.4 Å². The average molecular weight is 192 g/mol. The van der Waals surface area contributed by atoms with Crippen molar-refractivity contribution in [2.24, 2.45) is 0 Å². The van der Waals surface area contributed by atoms with Gasteiger partial charge in [0.2, 0.25) is 0 Å². The molecule has 3 heterocycles. The van der Waals surface area contributed by atoms with Crippen LogP contribution in [-0.4, -0.2) is 47.4 Å². The van der Waals surface area contributed by atoms with Crippen LogP contribution >= 0.6 is 12.4 Å². The Morgan fingerprint density at radius 3 is 2.25 bits per heavy atom. The van der Waals surface area contributed by atoms with Crippen LogP contribution in [0.25, 0.3) is 0 Å². The van der Waals surface area contributed by atoms with Crippen LogP contribution in [0.3, 0.4) is 0 Å². The lowest BCUT2D eigenvalue weighted by Crippen LogP contribution is -2.46. The van der Waals surface area contributed by atoms with Crippen molar-refractivity contribution in [2.45, 2.75) is 43.2 Å². The van der Waals surface area contributed by atoms with Crippen molar-refractivity contribution in [3.8, 4) is 0 Å². The molecule has 12 heavy (non-hydrogen) atoms. The number of likely N-dealkylation sites (N-methyl/N-ethyl adjacent to an activating group) is 1. The first-order chi connectivity index (χ1) is 5.27. The molecular weight excluding hydrogens is 178 g/mol. The van der Waals surface area contributed by atoms with Gasteiger partial charge in [-0.05, 0) is 19.9 Å². The summed E-state index contributed by atoms with van der Waals surface area (Å²) in [5.74, 6) is 0. The number of piperidine rings is 1. The third-order valence-electron chi connectivity index (χ3n) is 3.39. The highest BCUT2D eigenvalue weighted by Crippen LogP contribution is 2.47. The molecule has 4 unspecified atom stereocenters. The highest BCUT2D eigenvalue weighted by molar-refractivity contribution is 5.85. The molecule has 70 valence electrons. The first kappa shape index (κ1) is 8.75. The topological polar surface area (TPSA) is 36.0 Å². The Hall–Kier alpha value is 0.170. The van der Waals surface area contributed by atoms with Crippen molar-refractivity contribution in [3.63, 3.8) is 0 Å². The summed E-state index contributed by atoms with van der Waals surface area (Å²) in [5, 5.41) is 9.46. The Kier molecular flexibility index (Phi) is 1.88. The van der Waals surface area contributed by atoms with E-state index in [0.717, 1.165) is 12.8 Å². The Morgan fingerprint density at radius 2 is 1.75 bits per heavy atom. The van der Waals surface area contributed by atoms with Gasteiger partial charge in [-0.15, -0.1) is 12.4 Å². The number of nitrogens with zero attached hydrogens (tertiary/aromatic N) is 1. The van der Waals surface area contributed by atoms with E-state index in [9.17, 15) is 5.11 Å². The number of halogens is 1. The van der Waals surface area contributed by atoms with E-state index in [1.165, 1.54) is 0 Å². The second-order valence-corrected chi connectivity index (χ2v) is 3.99. The third kappa shape index (κ3) is 0.940. The van der Waals surface area contributed by atoms with Gasteiger partial charge in [-0.2, -0.15) is 0 Å². The fraction of sp³-hybridized carbons (Fsp3) is 1.00. The maximum Gasteiger partial charge on any atom is 0.101 e. The predicted molar refractivity (Wildman–Crippen MR) is 46.5 cm³/mol. The average Bonchev–Trinajstić information content (AvgIpc) is 2.66. The molecule has 0 aromatic carbocycles. The van der Waals surface area contributed by atoms with Crippen LogP contribution < -0.4 is 0 Å². The van der Waals surface area contributed by atoms with Crippen molar-refractivity contribution < 1.29 is 9.84 Å². The lowest BCUT2D eigenvalue weighted by molar-refractivity contribution is 0.00149. The molecule has 0 spiro atoms. The smallest absolute Gasteiger partial charge is 0.101 e. The van der Waals surface area contributed by atoms with E-state index in [4.69, 9.17) is 4.74 Å². The van der Waals surface area contributed by atoms with Gasteiger partial charge in [0.1, 0.15) is 12.2 Å². The molecule has 3 saturated heterocycles. The summed E-state index contributed by atoms with van der Waals surface area (Å²) in [6, 6.07) is 1.02. The molecule has 4 heteroatoms. The number of hydrogen-bond acceptors (Lipinski definition) is 3. The zero-order valence-electron chi connectivity index (χ0n) is 7.01. The number of epoxide rings is 1. The number of morpholine rings is 1. The number of rotatable bonds is 0. The monoisotopic (exact) mass is 191 g/mol. The van der Waals surface area contributed by atoms with Gasteiger partial charge in [0, 0.05) is 12.1 Å². The van der Waals surface area contributed by atoms with Gasteiger partial charge in [0.15, 0.2) is 0 Å². The summed E-state index contributed by atoms with van der Waals surface area (Å²) >= 11 is 0. The molecule has 3 aliphatic heterocycles. The molecule has 3 fully saturated rings. The zero-order valence-corrected chi connectivity index (χ0v) is 7.83. The Balaban J connectivity index is 0.000000563. The second-order valence-electron chi connectivity index (χ2n) is 3.99. The Labute approximate surface area is 78.1 Å². The van der Waals surface area contributed by atoms with Gasteiger partial charge in [-0.1, -0.05) is 0 Å². The van der Waals surface area contributed by atoms with E-state index >= 15 is 0 Å². The number of aliphatic hydroxyl groups excluding tert-OH is 1. The molecule has 3 rings (SSSR count). The highest BCUT2D eigenvalue weighted by atomic mass is 35.5. The molecule has 1 N–H and O–H groups in total. The highest BCUT2D eigenvalue weighted by Gasteiger charge is 2.62. The van der Waals surface area contributed by atoms with E-state index < -0.39 is 0 Å². The van der Waals surface area contributed by atoms with Crippen LogP contribution in [0.15, 0.2) is 0 Å². The summed E-state index contributed by atoms with van der Waals surface area (Å²) in [5.41, 5.74) is 0. The SMILES string of the molecule is CN1C2CC(O)CC1[C@H]1OC21.Cl. The molecule has 0 radical (unpaired) electrons. The molecule has 5 atom stereocenters. The standard InChI is InChI=1S/C8H13NO2.ClH/c1-9-5-2-4(10)3-6(9)8-7(5)11-8;/h4-8,10H,2-3H2,1H3;1H/t4?,5?,6?,7-,8?;/m1./s1. The largest absolute Gasteiger partial charge is 0.393 e. The Morgan fingerprint density at radius 1 is 1.25 bits per heavy atom. The molecule has 0 aromatic rings. The summed E-state index contributed by atoms with van der Waals surface area (Å²) in [4.78, 5) is 2.38. The number of ether oxygens (including phenoxy) is 1. The lowest BCUT2D eigenvalue weighted by atomic mass is 10.00. The lowest BCUT2D eigenvalue weighted by Gasteiger charge is -2.36. The van der Waals surface area contributed by atoms with E-state index in [1.54, 1.807) is 0 Å². The van der Waals surface area contributed by atoms with Crippen LogP contribution in [0.2, 0.25) is 0 Å². The number of hydrogen-bond donors (Lipinski definition) is 1. The fourth-order valence-corrected chi connectivity index (χ4v) is 2.72. The summed E-state index contributed by atoms with van der Waals surface area (Å²) in [6.45, 7) is 0. The first-order valence-corrected chi connectivity index (χ1v) is 4.33. The van der Waals surface area contributed by atoms with Gasteiger partial charge in [0.25, 0.3) is 0 Å². The van der Waals surface area contributed by atoms with E-state index in [2.05, 4.69) is 11.9 Å². The molecule has 3 aliphatic rings. The molecule has 0 saturated carbocycles. The zero-order chi connectivity index (χ0) is 7.59. The first-order valence-electron chi connectivity index (χ1n) is 4.33. The van der Waals surface area contributed by atoms with Gasteiger partial charge < -0.3 is 9.84 Å². The van der Waals surface area contributed by atoms with Crippen LogP contribution in [0.1, 0.15) is 12.8 Å².